The number of hydrogen-bond donors (Lipinski definition) is 1. The van der Waals surface area contributed by atoms with Gasteiger partial charge in [0, 0.05) is 19.1 Å². The van der Waals surface area contributed by atoms with Crippen LogP contribution in [0.4, 0.5) is 0 Å². The normalized spacial score (nSPS) is 16.4. The number of piperidine rings is 1. The Kier molecular flexibility index (Phi) is 6.01. The Labute approximate surface area is 165 Å². The van der Waals surface area contributed by atoms with Gasteiger partial charge in [-0.3, -0.25) is 4.79 Å². The van der Waals surface area contributed by atoms with Crippen molar-refractivity contribution in [2.75, 3.05) is 20.2 Å². The lowest BCUT2D eigenvalue weighted by atomic mass is 10.1. The number of carbonyl (C=O) groups excluding carboxylic acids is 1. The summed E-state index contributed by atoms with van der Waals surface area (Å²) in [5.74, 6) is 0.485. The van der Waals surface area contributed by atoms with E-state index in [4.69, 9.17) is 4.74 Å². The summed E-state index contributed by atoms with van der Waals surface area (Å²) in [5, 5.41) is 4.84. The van der Waals surface area contributed by atoms with Crippen molar-refractivity contribution in [3.8, 4) is 5.75 Å². The summed E-state index contributed by atoms with van der Waals surface area (Å²) >= 11 is 4.72. The van der Waals surface area contributed by atoms with Gasteiger partial charge in [-0.1, -0.05) is 6.07 Å². The molecule has 0 bridgehead atoms. The molecule has 0 saturated carbocycles. The molecule has 1 amide bonds. The molecule has 26 heavy (non-hydrogen) atoms. The van der Waals surface area contributed by atoms with Gasteiger partial charge in [0.05, 0.1) is 21.4 Å². The van der Waals surface area contributed by atoms with Gasteiger partial charge in [-0.05, 0) is 58.4 Å². The Morgan fingerprint density at radius 3 is 2.62 bits per heavy atom. The molecule has 0 unspecified atom stereocenters. The van der Waals surface area contributed by atoms with Gasteiger partial charge in [0.2, 0.25) is 10.0 Å². The van der Waals surface area contributed by atoms with Crippen molar-refractivity contribution in [2.24, 2.45) is 0 Å². The molecule has 3 rings (SSSR count). The van der Waals surface area contributed by atoms with E-state index in [2.05, 4.69) is 21.2 Å². The average Bonchev–Trinajstić information content (AvgIpc) is 3.17. The monoisotopic (exact) mass is 458 g/mol. The number of rotatable bonds is 5. The maximum Gasteiger partial charge on any atom is 0.261 e. The molecule has 6 nitrogen and oxygen atoms in total. The summed E-state index contributed by atoms with van der Waals surface area (Å²) in [6.07, 6.45) is 1.18. The number of thiophene rings is 1. The summed E-state index contributed by atoms with van der Waals surface area (Å²) in [7, 11) is -2.04. The van der Waals surface area contributed by atoms with Crippen LogP contribution < -0.4 is 10.1 Å². The Balaban J connectivity index is 1.63. The van der Waals surface area contributed by atoms with Crippen LogP contribution >= 0.6 is 27.3 Å². The fourth-order valence-corrected chi connectivity index (χ4v) is 5.68. The third kappa shape index (κ3) is 4.11. The molecule has 0 radical (unpaired) electrons. The van der Waals surface area contributed by atoms with Crippen LogP contribution in [0.3, 0.4) is 0 Å². The molecule has 0 aliphatic carbocycles. The van der Waals surface area contributed by atoms with Crippen molar-refractivity contribution < 1.29 is 17.9 Å². The lowest BCUT2D eigenvalue weighted by Gasteiger charge is -2.31. The average molecular weight is 459 g/mol. The van der Waals surface area contributed by atoms with Crippen LogP contribution in [-0.4, -0.2) is 44.9 Å². The highest BCUT2D eigenvalue weighted by Crippen LogP contribution is 2.29. The van der Waals surface area contributed by atoms with Crippen LogP contribution in [0.5, 0.6) is 5.75 Å². The molecule has 0 spiro atoms. The zero-order chi connectivity index (χ0) is 18.7. The molecule has 1 aromatic carbocycles. The van der Waals surface area contributed by atoms with Crippen LogP contribution in [0.2, 0.25) is 0 Å². The summed E-state index contributed by atoms with van der Waals surface area (Å²) in [6, 6.07) is 8.33. The van der Waals surface area contributed by atoms with Crippen LogP contribution in [0.25, 0.3) is 0 Å². The number of methoxy groups -OCH3 is 1. The first-order valence-corrected chi connectivity index (χ1v) is 11.2. The standard InChI is InChI=1S/C17H19BrN2O4S2/c1-24-15-5-4-13(11-14(15)18)26(22,23)20-8-6-12(7-9-20)19-17(21)16-3-2-10-25-16/h2-5,10-12H,6-9H2,1H3,(H,19,21). The molecule has 1 saturated heterocycles. The summed E-state index contributed by atoms with van der Waals surface area (Å²) in [6.45, 7) is 0.753. The second-order valence-corrected chi connectivity index (χ2v) is 9.67. The van der Waals surface area contributed by atoms with Gasteiger partial charge in [-0.15, -0.1) is 11.3 Å². The quantitative estimate of drug-likeness (QED) is 0.746. The largest absolute Gasteiger partial charge is 0.496 e. The van der Waals surface area contributed by atoms with Crippen molar-refractivity contribution in [3.63, 3.8) is 0 Å². The number of benzene rings is 1. The minimum absolute atomic E-state index is 0.0151. The van der Waals surface area contributed by atoms with Crippen molar-refractivity contribution >= 4 is 43.2 Å². The van der Waals surface area contributed by atoms with Gasteiger partial charge < -0.3 is 10.1 Å². The zero-order valence-corrected chi connectivity index (χ0v) is 17.4. The number of nitrogens with zero attached hydrogens (tertiary/aromatic N) is 1. The smallest absolute Gasteiger partial charge is 0.261 e. The van der Waals surface area contributed by atoms with Gasteiger partial charge >= 0.3 is 0 Å². The predicted molar refractivity (Wildman–Crippen MR) is 104 cm³/mol. The van der Waals surface area contributed by atoms with Gasteiger partial charge in [-0.2, -0.15) is 4.31 Å². The highest BCUT2D eigenvalue weighted by atomic mass is 79.9. The van der Waals surface area contributed by atoms with E-state index in [0.29, 0.717) is 41.0 Å². The van der Waals surface area contributed by atoms with Gasteiger partial charge in [-0.25, -0.2) is 8.42 Å². The number of sulfonamides is 1. The molecule has 2 heterocycles. The van der Waals surface area contributed by atoms with E-state index in [1.54, 1.807) is 24.3 Å². The maximum atomic E-state index is 12.8. The molecule has 1 aromatic heterocycles. The van der Waals surface area contributed by atoms with Crippen molar-refractivity contribution in [3.05, 3.63) is 45.1 Å². The third-order valence-corrected chi connectivity index (χ3v) is 7.68. The van der Waals surface area contributed by atoms with Crippen molar-refractivity contribution in [1.82, 2.24) is 9.62 Å². The highest BCUT2D eigenvalue weighted by Gasteiger charge is 2.30. The van der Waals surface area contributed by atoms with Gasteiger partial charge in [0.1, 0.15) is 5.75 Å². The Morgan fingerprint density at radius 1 is 1.31 bits per heavy atom. The lowest BCUT2D eigenvalue weighted by molar-refractivity contribution is 0.0928. The maximum absolute atomic E-state index is 12.8. The van der Waals surface area contributed by atoms with Crippen molar-refractivity contribution in [2.45, 2.75) is 23.8 Å². The third-order valence-electron chi connectivity index (χ3n) is 4.30. The van der Waals surface area contributed by atoms with Crippen LogP contribution in [-0.2, 0) is 10.0 Å². The number of hydrogen-bond acceptors (Lipinski definition) is 5. The zero-order valence-electron chi connectivity index (χ0n) is 14.1. The number of ether oxygens (including phenoxy) is 1. The summed E-state index contributed by atoms with van der Waals surface area (Å²) < 4.78 is 32.9. The van der Waals surface area contributed by atoms with Crippen LogP contribution in [0.1, 0.15) is 22.5 Å². The highest BCUT2D eigenvalue weighted by molar-refractivity contribution is 9.10. The molecular formula is C17H19BrN2O4S2. The van der Waals surface area contributed by atoms with E-state index in [1.165, 1.54) is 22.8 Å². The minimum atomic E-state index is -3.57. The van der Waals surface area contributed by atoms with E-state index in [-0.39, 0.29) is 16.8 Å². The van der Waals surface area contributed by atoms with Gasteiger partial charge in [0.25, 0.3) is 5.91 Å². The topological polar surface area (TPSA) is 75.7 Å². The van der Waals surface area contributed by atoms with E-state index in [9.17, 15) is 13.2 Å². The molecule has 0 atom stereocenters. The SMILES string of the molecule is COc1ccc(S(=O)(=O)N2CCC(NC(=O)c3cccs3)CC2)cc1Br. The van der Waals surface area contributed by atoms with Crippen molar-refractivity contribution in [1.29, 1.82) is 0 Å². The second kappa shape index (κ2) is 8.08. The molecule has 1 aliphatic heterocycles. The lowest BCUT2D eigenvalue weighted by Crippen LogP contribution is -2.46. The van der Waals surface area contributed by atoms with Gasteiger partial charge in [0.15, 0.2) is 0 Å². The molecule has 9 heteroatoms. The fraction of sp³-hybridized carbons (Fsp3) is 0.353. The van der Waals surface area contributed by atoms with E-state index < -0.39 is 10.0 Å². The Hall–Kier alpha value is -1.42. The first kappa shape index (κ1) is 19.3. The fourth-order valence-electron chi connectivity index (χ4n) is 2.86. The minimum Gasteiger partial charge on any atom is -0.496 e. The first-order chi connectivity index (χ1) is 12.4. The van der Waals surface area contributed by atoms with Crippen LogP contribution in [0, 0.1) is 0 Å². The summed E-state index contributed by atoms with van der Waals surface area (Å²) in [5.41, 5.74) is 0. The van der Waals surface area contributed by atoms with E-state index >= 15 is 0 Å². The second-order valence-electron chi connectivity index (χ2n) is 5.93. The number of carbonyl (C=O) groups is 1. The molecule has 2 aromatic rings. The molecule has 1 fully saturated rings. The molecular weight excluding hydrogens is 440 g/mol. The number of nitrogens with one attached hydrogen (secondary N) is 1. The Bertz CT molecular complexity index is 876. The first-order valence-electron chi connectivity index (χ1n) is 8.10. The summed E-state index contributed by atoms with van der Waals surface area (Å²) in [4.78, 5) is 13.0. The molecule has 1 N–H and O–H groups in total. The predicted octanol–water partition coefficient (Wildman–Crippen LogP) is 3.10. The van der Waals surface area contributed by atoms with E-state index in [1.807, 2.05) is 11.4 Å². The molecule has 140 valence electrons. The number of amides is 1. The van der Waals surface area contributed by atoms with Crippen LogP contribution in [0.15, 0.2) is 45.1 Å². The molecule has 1 aliphatic rings. The Morgan fingerprint density at radius 2 is 2.04 bits per heavy atom. The van der Waals surface area contributed by atoms with E-state index in [0.717, 1.165) is 0 Å². The number of halogens is 1.